The van der Waals surface area contributed by atoms with E-state index in [9.17, 15) is 14.0 Å². The zero-order valence-corrected chi connectivity index (χ0v) is 17.1. The Morgan fingerprint density at radius 1 is 1.16 bits per heavy atom. The number of amides is 2. The van der Waals surface area contributed by atoms with Gasteiger partial charge in [0.25, 0.3) is 11.8 Å². The third kappa shape index (κ3) is 3.16. The quantitative estimate of drug-likeness (QED) is 0.439. The van der Waals surface area contributed by atoms with Gasteiger partial charge in [0.1, 0.15) is 6.26 Å². The number of carbonyl (C=O) groups excluding carboxylic acids is 2. The Balaban J connectivity index is 1.57. The Morgan fingerprint density at radius 3 is 2.77 bits per heavy atom. The molecule has 2 amide bonds. The van der Waals surface area contributed by atoms with E-state index < -0.39 is 17.8 Å². The van der Waals surface area contributed by atoms with E-state index in [4.69, 9.17) is 16.0 Å². The Morgan fingerprint density at radius 2 is 1.97 bits per heavy atom. The van der Waals surface area contributed by atoms with Crippen LogP contribution >= 0.6 is 11.6 Å². The number of fused-ring (bicyclic) bond motifs is 2. The Labute approximate surface area is 181 Å². The summed E-state index contributed by atoms with van der Waals surface area (Å²) < 4.78 is 19.3. The third-order valence-electron chi connectivity index (χ3n) is 5.50. The third-order valence-corrected chi connectivity index (χ3v) is 5.72. The van der Waals surface area contributed by atoms with Gasteiger partial charge in [0.05, 0.1) is 11.6 Å². The van der Waals surface area contributed by atoms with E-state index in [0.29, 0.717) is 16.8 Å². The molecule has 1 atom stereocenters. The first-order valence-electron chi connectivity index (χ1n) is 9.61. The number of halogens is 2. The zero-order valence-electron chi connectivity index (χ0n) is 16.3. The Hall–Kier alpha value is -3.64. The highest BCUT2D eigenvalue weighted by atomic mass is 35.5. The maximum Gasteiger partial charge on any atom is 0.259 e. The predicted octanol–water partition coefficient (Wildman–Crippen LogP) is 5.62. The van der Waals surface area contributed by atoms with Crippen molar-refractivity contribution in [2.24, 2.45) is 0 Å². The molecule has 31 heavy (non-hydrogen) atoms. The van der Waals surface area contributed by atoms with Gasteiger partial charge in [0.15, 0.2) is 11.4 Å². The summed E-state index contributed by atoms with van der Waals surface area (Å²) in [6, 6.07) is 15.1. The topological polar surface area (TPSA) is 71.3 Å². The van der Waals surface area contributed by atoms with Gasteiger partial charge in [-0.1, -0.05) is 41.9 Å². The molecule has 0 spiro atoms. The number of nitrogens with one attached hydrogen (secondary N) is 2. The maximum atomic E-state index is 14.1. The summed E-state index contributed by atoms with van der Waals surface area (Å²) >= 11 is 5.95. The lowest BCUT2D eigenvalue weighted by molar-refractivity contribution is 0.0959. The SMILES string of the molecule is Cc1ccccc1C1NC(=O)c2cccc(NC(=O)c3coc4c(F)cc(Cl)cc34)c21. The molecule has 0 radical (unpaired) electrons. The van der Waals surface area contributed by atoms with Crippen molar-refractivity contribution in [3.05, 3.63) is 99.5 Å². The van der Waals surface area contributed by atoms with Crippen molar-refractivity contribution in [2.45, 2.75) is 13.0 Å². The van der Waals surface area contributed by atoms with Crippen molar-refractivity contribution in [3.8, 4) is 0 Å². The van der Waals surface area contributed by atoms with Crippen LogP contribution < -0.4 is 10.6 Å². The monoisotopic (exact) mass is 434 g/mol. The molecule has 7 heteroatoms. The summed E-state index contributed by atoms with van der Waals surface area (Å²) in [5.41, 5.74) is 3.75. The Kier molecular flexibility index (Phi) is 4.52. The molecule has 3 aromatic carbocycles. The molecule has 0 saturated heterocycles. The van der Waals surface area contributed by atoms with Crippen LogP contribution in [0.2, 0.25) is 5.02 Å². The minimum atomic E-state index is -0.642. The van der Waals surface area contributed by atoms with Crippen molar-refractivity contribution in [1.29, 1.82) is 0 Å². The second kappa shape index (κ2) is 7.25. The number of benzene rings is 3. The largest absolute Gasteiger partial charge is 0.460 e. The summed E-state index contributed by atoms with van der Waals surface area (Å²) in [7, 11) is 0. The van der Waals surface area contributed by atoms with Gasteiger partial charge in [-0.25, -0.2) is 4.39 Å². The smallest absolute Gasteiger partial charge is 0.259 e. The molecule has 2 heterocycles. The molecule has 0 saturated carbocycles. The van der Waals surface area contributed by atoms with Crippen LogP contribution in [0.15, 0.2) is 65.3 Å². The highest BCUT2D eigenvalue weighted by molar-refractivity contribution is 6.31. The van der Waals surface area contributed by atoms with E-state index in [2.05, 4.69) is 10.6 Å². The average Bonchev–Trinajstić information content (AvgIpc) is 3.31. The number of furan rings is 1. The van der Waals surface area contributed by atoms with Crippen LogP contribution in [0.5, 0.6) is 0 Å². The fourth-order valence-electron chi connectivity index (χ4n) is 4.04. The highest BCUT2D eigenvalue weighted by Crippen LogP contribution is 2.38. The van der Waals surface area contributed by atoms with E-state index in [-0.39, 0.29) is 27.5 Å². The van der Waals surface area contributed by atoms with Gasteiger partial charge in [-0.2, -0.15) is 0 Å². The lowest BCUT2D eigenvalue weighted by atomic mass is 9.93. The van der Waals surface area contributed by atoms with Crippen LogP contribution in [0, 0.1) is 12.7 Å². The van der Waals surface area contributed by atoms with Gasteiger partial charge < -0.3 is 15.1 Å². The van der Waals surface area contributed by atoms with Gasteiger partial charge >= 0.3 is 0 Å². The molecule has 1 unspecified atom stereocenters. The van der Waals surface area contributed by atoms with E-state index in [1.807, 2.05) is 31.2 Å². The minimum Gasteiger partial charge on any atom is -0.460 e. The average molecular weight is 435 g/mol. The van der Waals surface area contributed by atoms with E-state index in [1.54, 1.807) is 18.2 Å². The van der Waals surface area contributed by atoms with Gasteiger partial charge in [-0.15, -0.1) is 0 Å². The fourth-order valence-corrected chi connectivity index (χ4v) is 4.24. The molecule has 5 rings (SSSR count). The normalized spacial score (nSPS) is 15.1. The number of rotatable bonds is 3. The number of hydrogen-bond acceptors (Lipinski definition) is 3. The first kappa shape index (κ1) is 19.3. The first-order valence-corrected chi connectivity index (χ1v) is 9.98. The molecule has 4 aromatic rings. The van der Waals surface area contributed by atoms with Crippen LogP contribution in [0.4, 0.5) is 10.1 Å². The molecule has 0 aliphatic carbocycles. The molecular formula is C24H16ClFN2O3. The molecule has 0 fully saturated rings. The number of anilines is 1. The minimum absolute atomic E-state index is 0.0394. The molecule has 1 aromatic heterocycles. The summed E-state index contributed by atoms with van der Waals surface area (Å²) in [6.07, 6.45) is 1.20. The fraction of sp³-hybridized carbons (Fsp3) is 0.0833. The summed E-state index contributed by atoms with van der Waals surface area (Å²) in [5, 5.41) is 6.29. The summed E-state index contributed by atoms with van der Waals surface area (Å²) in [5.74, 6) is -1.34. The standard InChI is InChI=1S/C24H16ClFN2O3/c1-12-5-2-3-6-14(12)21-20-15(23(29)28-21)7-4-8-19(20)27-24(30)17-11-31-22-16(17)9-13(25)10-18(22)26/h2-11,21H,1H3,(H,27,30)(H,28,29). The van der Waals surface area contributed by atoms with Crippen molar-refractivity contribution in [3.63, 3.8) is 0 Å². The molecule has 1 aliphatic rings. The summed E-state index contributed by atoms with van der Waals surface area (Å²) in [4.78, 5) is 25.6. The van der Waals surface area contributed by atoms with Crippen molar-refractivity contribution in [1.82, 2.24) is 5.32 Å². The highest BCUT2D eigenvalue weighted by Gasteiger charge is 2.33. The second-order valence-corrected chi connectivity index (χ2v) is 7.83. The lowest BCUT2D eigenvalue weighted by Crippen LogP contribution is -2.21. The zero-order chi connectivity index (χ0) is 21.7. The molecule has 2 N–H and O–H groups in total. The number of aryl methyl sites for hydroxylation is 1. The molecule has 5 nitrogen and oxygen atoms in total. The molecule has 1 aliphatic heterocycles. The first-order chi connectivity index (χ1) is 14.9. The Bertz CT molecular complexity index is 1380. The van der Waals surface area contributed by atoms with Crippen LogP contribution in [0.1, 0.15) is 43.4 Å². The molecular weight excluding hydrogens is 419 g/mol. The van der Waals surface area contributed by atoms with Gasteiger partial charge in [-0.3, -0.25) is 9.59 Å². The number of carbonyl (C=O) groups is 2. The number of hydrogen-bond donors (Lipinski definition) is 2. The van der Waals surface area contributed by atoms with Crippen molar-refractivity contribution < 1.29 is 18.4 Å². The van der Waals surface area contributed by atoms with E-state index in [1.165, 1.54) is 12.3 Å². The van der Waals surface area contributed by atoms with Crippen LogP contribution in [0.25, 0.3) is 11.0 Å². The van der Waals surface area contributed by atoms with Crippen molar-refractivity contribution in [2.75, 3.05) is 5.32 Å². The molecule has 154 valence electrons. The second-order valence-electron chi connectivity index (χ2n) is 7.40. The van der Waals surface area contributed by atoms with E-state index in [0.717, 1.165) is 17.2 Å². The van der Waals surface area contributed by atoms with E-state index >= 15 is 0 Å². The predicted molar refractivity (Wildman–Crippen MR) is 116 cm³/mol. The molecule has 0 bridgehead atoms. The summed E-state index contributed by atoms with van der Waals surface area (Å²) in [6.45, 7) is 1.97. The lowest BCUT2D eigenvalue weighted by Gasteiger charge is -2.18. The van der Waals surface area contributed by atoms with Crippen LogP contribution in [-0.4, -0.2) is 11.8 Å². The van der Waals surface area contributed by atoms with Crippen LogP contribution in [-0.2, 0) is 0 Å². The van der Waals surface area contributed by atoms with Gasteiger partial charge in [-0.05, 0) is 42.3 Å². The van der Waals surface area contributed by atoms with Gasteiger partial charge in [0.2, 0.25) is 0 Å². The van der Waals surface area contributed by atoms with Gasteiger partial charge in [0, 0.05) is 27.2 Å². The maximum absolute atomic E-state index is 14.1. The van der Waals surface area contributed by atoms with Crippen LogP contribution in [0.3, 0.4) is 0 Å². The van der Waals surface area contributed by atoms with Crippen molar-refractivity contribution >= 4 is 40.1 Å².